The number of ether oxygens (including phenoxy) is 2. The number of nitrogens with zero attached hydrogens (tertiary/aromatic N) is 1. The number of carboxylic acids is 1. The van der Waals surface area contributed by atoms with Crippen LogP contribution in [0, 0.1) is 11.8 Å². The van der Waals surface area contributed by atoms with Gasteiger partial charge in [0.15, 0.2) is 11.5 Å². The Hall–Kier alpha value is -2.24. The second kappa shape index (κ2) is 6.00. The van der Waals surface area contributed by atoms with Gasteiger partial charge in [-0.3, -0.25) is 4.79 Å². The number of hydrogen-bond acceptors (Lipinski definition) is 4. The highest BCUT2D eigenvalue weighted by Gasteiger charge is 2.49. The first-order chi connectivity index (χ1) is 11.6. The summed E-state index contributed by atoms with van der Waals surface area (Å²) in [7, 11) is 0. The summed E-state index contributed by atoms with van der Waals surface area (Å²) in [5, 5.41) is 9.57. The fourth-order valence-electron chi connectivity index (χ4n) is 4.35. The zero-order valence-corrected chi connectivity index (χ0v) is 13.4. The van der Waals surface area contributed by atoms with Gasteiger partial charge in [-0.2, -0.15) is 0 Å². The molecule has 2 aliphatic heterocycles. The van der Waals surface area contributed by atoms with Crippen LogP contribution >= 0.6 is 0 Å². The van der Waals surface area contributed by atoms with Crippen LogP contribution in [0.5, 0.6) is 11.5 Å². The average molecular weight is 331 g/mol. The Labute approximate surface area is 140 Å². The quantitative estimate of drug-likeness (QED) is 0.912. The molecule has 3 atom stereocenters. The highest BCUT2D eigenvalue weighted by atomic mass is 16.6. The molecule has 1 N–H and O–H groups in total. The van der Waals surface area contributed by atoms with Crippen LogP contribution in [0.15, 0.2) is 18.2 Å². The van der Waals surface area contributed by atoms with Gasteiger partial charge in [0.05, 0.1) is 6.42 Å². The molecule has 1 aromatic rings. The summed E-state index contributed by atoms with van der Waals surface area (Å²) < 4.78 is 11.0. The first-order valence-electron chi connectivity index (χ1n) is 8.54. The van der Waals surface area contributed by atoms with Crippen molar-refractivity contribution in [3.8, 4) is 11.5 Å². The molecule has 6 nitrogen and oxygen atoms in total. The van der Waals surface area contributed by atoms with E-state index in [-0.39, 0.29) is 18.2 Å². The SMILES string of the molecule is O=C(O)C1C2CCCC2CN1C(=O)Cc1ccc2c(c1)OCCO2. The largest absolute Gasteiger partial charge is 0.486 e. The molecule has 0 spiro atoms. The number of carbonyl (C=O) groups is 2. The Bertz CT molecular complexity index is 673. The average Bonchev–Trinajstić information content (AvgIpc) is 3.15. The lowest BCUT2D eigenvalue weighted by Crippen LogP contribution is -2.43. The molecule has 0 bridgehead atoms. The molecule has 128 valence electrons. The lowest BCUT2D eigenvalue weighted by molar-refractivity contribution is -0.149. The number of carbonyl (C=O) groups excluding carboxylic acids is 1. The van der Waals surface area contributed by atoms with Crippen LogP contribution in [-0.2, 0) is 16.0 Å². The van der Waals surface area contributed by atoms with Gasteiger partial charge < -0.3 is 19.5 Å². The summed E-state index contributed by atoms with van der Waals surface area (Å²) in [5.74, 6) is 0.812. The molecule has 0 aromatic heterocycles. The number of fused-ring (bicyclic) bond motifs is 2. The van der Waals surface area contributed by atoms with Crippen LogP contribution in [0.1, 0.15) is 24.8 Å². The number of rotatable bonds is 3. The molecular formula is C18H21NO5. The maximum Gasteiger partial charge on any atom is 0.326 e. The summed E-state index contributed by atoms with van der Waals surface area (Å²) in [6, 6.07) is 4.81. The number of amides is 1. The molecule has 1 aromatic carbocycles. The zero-order valence-electron chi connectivity index (χ0n) is 13.4. The number of hydrogen-bond donors (Lipinski definition) is 1. The van der Waals surface area contributed by atoms with Crippen molar-refractivity contribution < 1.29 is 24.2 Å². The second-order valence-electron chi connectivity index (χ2n) is 6.84. The fraction of sp³-hybridized carbons (Fsp3) is 0.556. The molecule has 2 heterocycles. The van der Waals surface area contributed by atoms with E-state index in [2.05, 4.69) is 0 Å². The Kier molecular flexibility index (Phi) is 3.82. The van der Waals surface area contributed by atoms with Gasteiger partial charge >= 0.3 is 5.97 Å². The molecule has 2 fully saturated rings. The molecule has 1 amide bonds. The van der Waals surface area contributed by atoms with Gasteiger partial charge in [0.25, 0.3) is 0 Å². The number of aliphatic carboxylic acids is 1. The van der Waals surface area contributed by atoms with Gasteiger partial charge in [0.2, 0.25) is 5.91 Å². The molecule has 4 rings (SSSR count). The summed E-state index contributed by atoms with van der Waals surface area (Å²) in [5.41, 5.74) is 0.824. The second-order valence-corrected chi connectivity index (χ2v) is 6.84. The van der Waals surface area contributed by atoms with E-state index >= 15 is 0 Å². The third-order valence-corrected chi connectivity index (χ3v) is 5.43. The Morgan fingerprint density at radius 1 is 1.17 bits per heavy atom. The standard InChI is InChI=1S/C18H21NO5/c20-16(9-11-4-5-14-15(8-11)24-7-6-23-14)19-10-12-2-1-3-13(12)17(19)18(21)22/h4-5,8,12-13,17H,1-3,6-7,9-10H2,(H,21,22). The molecule has 1 saturated heterocycles. The minimum absolute atomic E-state index is 0.117. The van der Waals surface area contributed by atoms with E-state index in [9.17, 15) is 14.7 Å². The summed E-state index contributed by atoms with van der Waals surface area (Å²) >= 11 is 0. The molecule has 6 heteroatoms. The minimum atomic E-state index is -0.875. The van der Waals surface area contributed by atoms with Crippen LogP contribution in [-0.4, -0.2) is 47.7 Å². The maximum absolute atomic E-state index is 12.7. The molecule has 3 unspecified atom stereocenters. The van der Waals surface area contributed by atoms with Crippen LogP contribution < -0.4 is 9.47 Å². The zero-order chi connectivity index (χ0) is 16.7. The molecule has 1 aliphatic carbocycles. The number of benzene rings is 1. The van der Waals surface area contributed by atoms with Crippen molar-refractivity contribution >= 4 is 11.9 Å². The lowest BCUT2D eigenvalue weighted by atomic mass is 9.94. The topological polar surface area (TPSA) is 76.1 Å². The van der Waals surface area contributed by atoms with Crippen molar-refractivity contribution in [2.24, 2.45) is 11.8 Å². The van der Waals surface area contributed by atoms with E-state index in [0.29, 0.717) is 37.2 Å². The van der Waals surface area contributed by atoms with Crippen molar-refractivity contribution in [2.45, 2.75) is 31.7 Å². The van der Waals surface area contributed by atoms with Gasteiger partial charge in [-0.15, -0.1) is 0 Å². The van der Waals surface area contributed by atoms with Crippen molar-refractivity contribution in [1.82, 2.24) is 4.90 Å². The third-order valence-electron chi connectivity index (χ3n) is 5.43. The van der Waals surface area contributed by atoms with E-state index in [1.54, 1.807) is 4.90 Å². The van der Waals surface area contributed by atoms with Gasteiger partial charge in [-0.25, -0.2) is 4.79 Å². The van der Waals surface area contributed by atoms with Gasteiger partial charge in [0.1, 0.15) is 19.3 Å². The molecule has 0 radical (unpaired) electrons. The van der Waals surface area contributed by atoms with E-state index in [4.69, 9.17) is 9.47 Å². The minimum Gasteiger partial charge on any atom is -0.486 e. The predicted molar refractivity (Wildman–Crippen MR) is 85.1 cm³/mol. The molecule has 1 saturated carbocycles. The predicted octanol–water partition coefficient (Wildman–Crippen LogP) is 1.71. The number of likely N-dealkylation sites (tertiary alicyclic amines) is 1. The molecular weight excluding hydrogens is 310 g/mol. The van der Waals surface area contributed by atoms with Crippen LogP contribution in [0.2, 0.25) is 0 Å². The smallest absolute Gasteiger partial charge is 0.326 e. The normalized spacial score (nSPS) is 27.8. The molecule has 3 aliphatic rings. The van der Waals surface area contributed by atoms with Gasteiger partial charge in [-0.05, 0) is 42.4 Å². The van der Waals surface area contributed by atoms with Crippen molar-refractivity contribution in [3.63, 3.8) is 0 Å². The fourth-order valence-corrected chi connectivity index (χ4v) is 4.35. The van der Waals surface area contributed by atoms with Crippen LogP contribution in [0.3, 0.4) is 0 Å². The van der Waals surface area contributed by atoms with Crippen molar-refractivity contribution in [2.75, 3.05) is 19.8 Å². The number of carboxylic acid groups (broad SMARTS) is 1. The summed E-state index contributed by atoms with van der Waals surface area (Å²) in [6.45, 7) is 1.61. The summed E-state index contributed by atoms with van der Waals surface area (Å²) in [4.78, 5) is 26.0. The van der Waals surface area contributed by atoms with E-state index in [1.165, 1.54) is 0 Å². The Balaban J connectivity index is 1.50. The van der Waals surface area contributed by atoms with E-state index in [1.807, 2.05) is 18.2 Å². The Morgan fingerprint density at radius 3 is 2.75 bits per heavy atom. The Morgan fingerprint density at radius 2 is 1.96 bits per heavy atom. The first kappa shape index (κ1) is 15.3. The first-order valence-corrected chi connectivity index (χ1v) is 8.54. The van der Waals surface area contributed by atoms with Gasteiger partial charge in [-0.1, -0.05) is 12.5 Å². The third kappa shape index (κ3) is 2.60. The van der Waals surface area contributed by atoms with E-state index < -0.39 is 12.0 Å². The van der Waals surface area contributed by atoms with E-state index in [0.717, 1.165) is 24.8 Å². The summed E-state index contributed by atoms with van der Waals surface area (Å²) in [6.07, 6.45) is 3.21. The highest BCUT2D eigenvalue weighted by molar-refractivity contribution is 5.86. The van der Waals surface area contributed by atoms with Crippen LogP contribution in [0.25, 0.3) is 0 Å². The molecule has 24 heavy (non-hydrogen) atoms. The monoisotopic (exact) mass is 331 g/mol. The van der Waals surface area contributed by atoms with Crippen LogP contribution in [0.4, 0.5) is 0 Å². The van der Waals surface area contributed by atoms with Gasteiger partial charge in [0, 0.05) is 6.54 Å². The van der Waals surface area contributed by atoms with Crippen molar-refractivity contribution in [1.29, 1.82) is 0 Å². The van der Waals surface area contributed by atoms with Crippen molar-refractivity contribution in [3.05, 3.63) is 23.8 Å². The maximum atomic E-state index is 12.7. The highest BCUT2D eigenvalue weighted by Crippen LogP contribution is 2.42. The lowest BCUT2D eigenvalue weighted by Gasteiger charge is -2.25.